The van der Waals surface area contributed by atoms with E-state index in [0.717, 1.165) is 12.2 Å². The highest BCUT2D eigenvalue weighted by atomic mass is 16.3. The maximum atomic E-state index is 9.08. The first-order valence-corrected chi connectivity index (χ1v) is 4.76. The standard InChI is InChI=1S/C10H18N2O/c1-5-12-9(4)10(7(2)6-13)8(3)11-12/h7,13H,5-6H2,1-4H3. The van der Waals surface area contributed by atoms with Crippen LogP contribution in [0.1, 0.15) is 36.7 Å². The second-order valence-electron chi connectivity index (χ2n) is 3.48. The van der Waals surface area contributed by atoms with Gasteiger partial charge in [0.1, 0.15) is 0 Å². The quantitative estimate of drug-likeness (QED) is 0.771. The smallest absolute Gasteiger partial charge is 0.0632 e. The maximum absolute atomic E-state index is 9.08. The molecular weight excluding hydrogens is 164 g/mol. The molecule has 0 fully saturated rings. The Kier molecular flexibility index (Phi) is 3.09. The molecule has 0 radical (unpaired) electrons. The van der Waals surface area contributed by atoms with Crippen LogP contribution in [0.2, 0.25) is 0 Å². The van der Waals surface area contributed by atoms with E-state index < -0.39 is 0 Å². The van der Waals surface area contributed by atoms with Crippen molar-refractivity contribution in [2.75, 3.05) is 6.61 Å². The lowest BCUT2D eigenvalue weighted by atomic mass is 10.0. The van der Waals surface area contributed by atoms with Gasteiger partial charge in [-0.05, 0) is 20.8 Å². The van der Waals surface area contributed by atoms with E-state index >= 15 is 0 Å². The Morgan fingerprint density at radius 2 is 2.08 bits per heavy atom. The number of nitrogens with zero attached hydrogens (tertiary/aromatic N) is 2. The van der Waals surface area contributed by atoms with Gasteiger partial charge in [0.25, 0.3) is 0 Å². The zero-order valence-corrected chi connectivity index (χ0v) is 8.83. The minimum Gasteiger partial charge on any atom is -0.396 e. The van der Waals surface area contributed by atoms with E-state index in [2.05, 4.69) is 18.9 Å². The maximum Gasteiger partial charge on any atom is 0.0632 e. The summed E-state index contributed by atoms with van der Waals surface area (Å²) in [6, 6.07) is 0. The number of aromatic nitrogens is 2. The van der Waals surface area contributed by atoms with Gasteiger partial charge in [-0.25, -0.2) is 0 Å². The largest absolute Gasteiger partial charge is 0.396 e. The van der Waals surface area contributed by atoms with E-state index in [1.54, 1.807) is 0 Å². The molecule has 0 bridgehead atoms. The third-order valence-corrected chi connectivity index (χ3v) is 2.50. The number of aliphatic hydroxyl groups excluding tert-OH is 1. The Morgan fingerprint density at radius 3 is 2.46 bits per heavy atom. The van der Waals surface area contributed by atoms with Crippen molar-refractivity contribution in [3.05, 3.63) is 17.0 Å². The van der Waals surface area contributed by atoms with Gasteiger partial charge in [0.2, 0.25) is 0 Å². The van der Waals surface area contributed by atoms with Crippen LogP contribution in [0.5, 0.6) is 0 Å². The summed E-state index contributed by atoms with van der Waals surface area (Å²) >= 11 is 0. The molecule has 0 aliphatic rings. The fourth-order valence-corrected chi connectivity index (χ4v) is 1.82. The molecule has 1 N–H and O–H groups in total. The van der Waals surface area contributed by atoms with Gasteiger partial charge in [0.15, 0.2) is 0 Å². The van der Waals surface area contributed by atoms with Crippen LogP contribution in [0.3, 0.4) is 0 Å². The minimum absolute atomic E-state index is 0.192. The molecule has 1 unspecified atom stereocenters. The fourth-order valence-electron chi connectivity index (χ4n) is 1.82. The molecule has 0 aliphatic carbocycles. The molecule has 74 valence electrons. The van der Waals surface area contributed by atoms with Crippen molar-refractivity contribution in [1.29, 1.82) is 0 Å². The average Bonchev–Trinajstić information content (AvgIpc) is 2.40. The lowest BCUT2D eigenvalue weighted by molar-refractivity contribution is 0.272. The molecule has 0 spiro atoms. The van der Waals surface area contributed by atoms with E-state index in [1.165, 1.54) is 11.3 Å². The number of hydrogen-bond acceptors (Lipinski definition) is 2. The third kappa shape index (κ3) is 1.75. The number of hydrogen-bond donors (Lipinski definition) is 1. The molecule has 0 saturated heterocycles. The predicted octanol–water partition coefficient (Wildman–Crippen LogP) is 1.62. The molecule has 1 rings (SSSR count). The van der Waals surface area contributed by atoms with Crippen molar-refractivity contribution in [2.45, 2.75) is 40.2 Å². The van der Waals surface area contributed by atoms with Crippen LogP contribution in [-0.4, -0.2) is 21.5 Å². The summed E-state index contributed by atoms with van der Waals surface area (Å²) in [5.74, 6) is 0.195. The highest BCUT2D eigenvalue weighted by Gasteiger charge is 2.15. The Balaban J connectivity index is 3.12. The normalized spacial score (nSPS) is 13.3. The summed E-state index contributed by atoms with van der Waals surface area (Å²) < 4.78 is 1.98. The fraction of sp³-hybridized carbons (Fsp3) is 0.700. The summed E-state index contributed by atoms with van der Waals surface area (Å²) in [4.78, 5) is 0. The topological polar surface area (TPSA) is 38.0 Å². The number of aliphatic hydroxyl groups is 1. The van der Waals surface area contributed by atoms with Crippen LogP contribution >= 0.6 is 0 Å². The van der Waals surface area contributed by atoms with Gasteiger partial charge in [-0.15, -0.1) is 0 Å². The Bertz CT molecular complexity index is 291. The second-order valence-corrected chi connectivity index (χ2v) is 3.48. The molecule has 3 nitrogen and oxygen atoms in total. The zero-order valence-electron chi connectivity index (χ0n) is 8.83. The SMILES string of the molecule is CCn1nc(C)c(C(C)CO)c1C. The second kappa shape index (κ2) is 3.92. The summed E-state index contributed by atoms with van der Waals surface area (Å²) in [6.45, 7) is 9.25. The first-order valence-electron chi connectivity index (χ1n) is 4.76. The molecule has 1 atom stereocenters. The van der Waals surface area contributed by atoms with Crippen LogP contribution in [0.25, 0.3) is 0 Å². The van der Waals surface area contributed by atoms with Gasteiger partial charge in [-0.2, -0.15) is 5.10 Å². The van der Waals surface area contributed by atoms with Gasteiger partial charge in [0.05, 0.1) is 5.69 Å². The molecule has 0 aliphatic heterocycles. The molecule has 0 saturated carbocycles. The molecule has 13 heavy (non-hydrogen) atoms. The summed E-state index contributed by atoms with van der Waals surface area (Å²) in [5, 5.41) is 13.5. The Morgan fingerprint density at radius 1 is 1.46 bits per heavy atom. The Hall–Kier alpha value is -0.830. The van der Waals surface area contributed by atoms with Crippen LogP contribution in [-0.2, 0) is 6.54 Å². The van der Waals surface area contributed by atoms with Gasteiger partial charge >= 0.3 is 0 Å². The van der Waals surface area contributed by atoms with Crippen LogP contribution < -0.4 is 0 Å². The first-order chi connectivity index (χ1) is 6.11. The highest BCUT2D eigenvalue weighted by Crippen LogP contribution is 2.22. The molecule has 0 aromatic carbocycles. The number of aryl methyl sites for hydroxylation is 2. The van der Waals surface area contributed by atoms with Crippen molar-refractivity contribution >= 4 is 0 Å². The number of rotatable bonds is 3. The van der Waals surface area contributed by atoms with E-state index in [-0.39, 0.29) is 12.5 Å². The first kappa shape index (κ1) is 10.3. The minimum atomic E-state index is 0.192. The predicted molar refractivity (Wildman–Crippen MR) is 52.9 cm³/mol. The van der Waals surface area contributed by atoms with Gasteiger partial charge in [-0.1, -0.05) is 6.92 Å². The van der Waals surface area contributed by atoms with Crippen molar-refractivity contribution in [1.82, 2.24) is 9.78 Å². The summed E-state index contributed by atoms with van der Waals surface area (Å²) in [6.07, 6.45) is 0. The molecule has 1 aromatic rings. The van der Waals surface area contributed by atoms with E-state index in [0.29, 0.717) is 0 Å². The third-order valence-electron chi connectivity index (χ3n) is 2.50. The van der Waals surface area contributed by atoms with Gasteiger partial charge in [-0.3, -0.25) is 4.68 Å². The van der Waals surface area contributed by atoms with Crippen molar-refractivity contribution < 1.29 is 5.11 Å². The lowest BCUT2D eigenvalue weighted by Crippen LogP contribution is -2.03. The molecular formula is C10H18N2O. The Labute approximate surface area is 79.4 Å². The zero-order chi connectivity index (χ0) is 10.0. The van der Waals surface area contributed by atoms with Crippen molar-refractivity contribution in [3.8, 4) is 0 Å². The van der Waals surface area contributed by atoms with Crippen molar-refractivity contribution in [2.24, 2.45) is 0 Å². The molecule has 1 heterocycles. The van der Waals surface area contributed by atoms with E-state index in [1.807, 2.05) is 18.5 Å². The molecule has 3 heteroatoms. The van der Waals surface area contributed by atoms with Crippen LogP contribution in [0.15, 0.2) is 0 Å². The van der Waals surface area contributed by atoms with E-state index in [9.17, 15) is 0 Å². The summed E-state index contributed by atoms with van der Waals surface area (Å²) in [5.41, 5.74) is 3.42. The molecule has 0 amide bonds. The van der Waals surface area contributed by atoms with Crippen LogP contribution in [0.4, 0.5) is 0 Å². The van der Waals surface area contributed by atoms with Gasteiger partial charge < -0.3 is 5.11 Å². The van der Waals surface area contributed by atoms with Gasteiger partial charge in [0, 0.05) is 30.3 Å². The lowest BCUT2D eigenvalue weighted by Gasteiger charge is -2.08. The van der Waals surface area contributed by atoms with E-state index in [4.69, 9.17) is 5.11 Å². The average molecular weight is 182 g/mol. The summed E-state index contributed by atoms with van der Waals surface area (Å²) in [7, 11) is 0. The monoisotopic (exact) mass is 182 g/mol. The highest BCUT2D eigenvalue weighted by molar-refractivity contribution is 5.28. The van der Waals surface area contributed by atoms with Crippen molar-refractivity contribution in [3.63, 3.8) is 0 Å². The molecule has 1 aromatic heterocycles. The van der Waals surface area contributed by atoms with Crippen LogP contribution in [0, 0.1) is 13.8 Å².